The predicted octanol–water partition coefficient (Wildman–Crippen LogP) is 2.95. The van der Waals surface area contributed by atoms with Gasteiger partial charge in [-0.2, -0.15) is 0 Å². The Balaban J connectivity index is 2.15. The molecule has 4 nitrogen and oxygen atoms in total. The quantitative estimate of drug-likeness (QED) is 0.812. The lowest BCUT2D eigenvalue weighted by Crippen LogP contribution is -2.11. The molecule has 0 N–H and O–H groups in total. The van der Waals surface area contributed by atoms with Crippen LogP contribution in [0.2, 0.25) is 0 Å². The zero-order chi connectivity index (χ0) is 14.8. The van der Waals surface area contributed by atoms with Crippen molar-refractivity contribution in [2.45, 2.75) is 32.2 Å². The summed E-state index contributed by atoms with van der Waals surface area (Å²) in [6.45, 7) is 1.56. The number of aryl methyl sites for hydroxylation is 1. The summed E-state index contributed by atoms with van der Waals surface area (Å²) in [5.74, 6) is -0.272. The first-order valence-electron chi connectivity index (χ1n) is 7.47. The fourth-order valence-corrected chi connectivity index (χ4v) is 3.32. The Hall–Kier alpha value is -1.81. The van der Waals surface area contributed by atoms with Crippen LogP contribution in [0.5, 0.6) is 0 Å². The molecule has 1 heterocycles. The van der Waals surface area contributed by atoms with Crippen molar-refractivity contribution in [1.29, 1.82) is 0 Å². The third kappa shape index (κ3) is 2.44. The van der Waals surface area contributed by atoms with Crippen LogP contribution in [0.4, 0.5) is 0 Å². The lowest BCUT2D eigenvalue weighted by atomic mass is 9.95. The van der Waals surface area contributed by atoms with E-state index in [2.05, 4.69) is 4.57 Å². The maximum absolute atomic E-state index is 11.8. The highest BCUT2D eigenvalue weighted by Gasteiger charge is 2.20. The number of hydrogen-bond donors (Lipinski definition) is 0. The minimum atomic E-state index is -0.272. The van der Waals surface area contributed by atoms with E-state index < -0.39 is 0 Å². The Morgan fingerprint density at radius 2 is 2.05 bits per heavy atom. The predicted molar refractivity (Wildman–Crippen MR) is 81.8 cm³/mol. The average Bonchev–Trinajstić information content (AvgIpc) is 2.85. The molecule has 112 valence electrons. The van der Waals surface area contributed by atoms with Crippen LogP contribution in [0.3, 0.4) is 0 Å². The molecular formula is C17H21NO3. The van der Waals surface area contributed by atoms with Crippen molar-refractivity contribution in [3.05, 3.63) is 35.0 Å². The van der Waals surface area contributed by atoms with Crippen molar-refractivity contribution in [1.82, 2.24) is 4.57 Å². The number of fused-ring (bicyclic) bond motifs is 3. The van der Waals surface area contributed by atoms with Crippen molar-refractivity contribution in [2.24, 2.45) is 0 Å². The highest BCUT2D eigenvalue weighted by Crippen LogP contribution is 2.33. The van der Waals surface area contributed by atoms with Crippen LogP contribution in [-0.2, 0) is 28.9 Å². The molecule has 4 heteroatoms. The van der Waals surface area contributed by atoms with E-state index in [0.717, 1.165) is 19.4 Å². The molecule has 1 aliphatic carbocycles. The average molecular weight is 287 g/mol. The van der Waals surface area contributed by atoms with Crippen LogP contribution in [0, 0.1) is 0 Å². The van der Waals surface area contributed by atoms with Gasteiger partial charge in [0.1, 0.15) is 0 Å². The summed E-state index contributed by atoms with van der Waals surface area (Å²) in [5, 5.41) is 1.20. The first-order chi connectivity index (χ1) is 10.3. The molecule has 21 heavy (non-hydrogen) atoms. The Bertz CT molecular complexity index is 672. The molecule has 0 unspecified atom stereocenters. The minimum Gasteiger partial charge on any atom is -0.465 e. The fourth-order valence-electron chi connectivity index (χ4n) is 3.32. The Morgan fingerprint density at radius 3 is 2.81 bits per heavy atom. The second-order valence-corrected chi connectivity index (χ2v) is 5.50. The van der Waals surface area contributed by atoms with E-state index in [1.54, 1.807) is 7.11 Å². The Morgan fingerprint density at radius 1 is 1.24 bits per heavy atom. The number of hydrogen-bond acceptors (Lipinski definition) is 3. The third-order valence-corrected chi connectivity index (χ3v) is 4.32. The monoisotopic (exact) mass is 287 g/mol. The molecule has 2 aromatic rings. The van der Waals surface area contributed by atoms with Crippen molar-refractivity contribution >= 4 is 16.9 Å². The molecule has 0 aliphatic heterocycles. The number of carbonyl (C=O) groups excluding carboxylic acids is 1. The van der Waals surface area contributed by atoms with Gasteiger partial charge in [-0.1, -0.05) is 0 Å². The van der Waals surface area contributed by atoms with Gasteiger partial charge < -0.3 is 14.0 Å². The molecule has 0 saturated carbocycles. The van der Waals surface area contributed by atoms with E-state index in [1.165, 1.54) is 42.1 Å². The first-order valence-corrected chi connectivity index (χ1v) is 7.47. The fraction of sp³-hybridized carbons (Fsp3) is 0.471. The summed E-state index contributed by atoms with van der Waals surface area (Å²) in [6, 6.07) is 5.87. The molecule has 0 amide bonds. The van der Waals surface area contributed by atoms with Gasteiger partial charge in [0.25, 0.3) is 0 Å². The van der Waals surface area contributed by atoms with Gasteiger partial charge in [-0.05, 0) is 49.4 Å². The molecule has 1 aromatic heterocycles. The van der Waals surface area contributed by atoms with Gasteiger partial charge in [-0.25, -0.2) is 4.79 Å². The number of carbonyl (C=O) groups is 1. The molecule has 0 radical (unpaired) electrons. The van der Waals surface area contributed by atoms with Gasteiger partial charge in [-0.3, -0.25) is 0 Å². The van der Waals surface area contributed by atoms with Crippen LogP contribution < -0.4 is 0 Å². The normalized spacial score (nSPS) is 14.2. The van der Waals surface area contributed by atoms with E-state index in [9.17, 15) is 4.79 Å². The topological polar surface area (TPSA) is 40.5 Å². The highest BCUT2D eigenvalue weighted by atomic mass is 16.5. The first kappa shape index (κ1) is 14.1. The van der Waals surface area contributed by atoms with Crippen molar-refractivity contribution < 1.29 is 14.3 Å². The molecule has 1 aromatic carbocycles. The van der Waals surface area contributed by atoms with Gasteiger partial charge in [0.15, 0.2) is 0 Å². The second-order valence-electron chi connectivity index (χ2n) is 5.50. The highest BCUT2D eigenvalue weighted by molar-refractivity contribution is 5.96. The standard InChI is InChI=1S/C17H21NO3/c1-20-10-9-18-15-6-4-3-5-13(15)14-11-12(17(19)21-2)7-8-16(14)18/h7-8,11H,3-6,9-10H2,1-2H3. The summed E-state index contributed by atoms with van der Waals surface area (Å²) in [6.07, 6.45) is 4.66. The molecule has 0 bridgehead atoms. The van der Waals surface area contributed by atoms with E-state index in [0.29, 0.717) is 12.2 Å². The molecule has 0 spiro atoms. The lowest BCUT2D eigenvalue weighted by Gasteiger charge is -2.15. The third-order valence-electron chi connectivity index (χ3n) is 4.32. The van der Waals surface area contributed by atoms with Gasteiger partial charge in [-0.15, -0.1) is 0 Å². The Kier molecular flexibility index (Phi) is 3.97. The number of aromatic nitrogens is 1. The van der Waals surface area contributed by atoms with Gasteiger partial charge in [0, 0.05) is 30.3 Å². The smallest absolute Gasteiger partial charge is 0.337 e. The number of rotatable bonds is 4. The minimum absolute atomic E-state index is 0.272. The van der Waals surface area contributed by atoms with E-state index >= 15 is 0 Å². The zero-order valence-corrected chi connectivity index (χ0v) is 12.6. The summed E-state index contributed by atoms with van der Waals surface area (Å²) >= 11 is 0. The van der Waals surface area contributed by atoms with Crippen LogP contribution in [0.15, 0.2) is 18.2 Å². The molecule has 1 aliphatic rings. The number of methoxy groups -OCH3 is 2. The van der Waals surface area contributed by atoms with Gasteiger partial charge >= 0.3 is 5.97 Å². The largest absolute Gasteiger partial charge is 0.465 e. The molecule has 3 rings (SSSR count). The maximum atomic E-state index is 11.8. The molecular weight excluding hydrogens is 266 g/mol. The van der Waals surface area contributed by atoms with Crippen molar-refractivity contribution in [2.75, 3.05) is 20.8 Å². The summed E-state index contributed by atoms with van der Waals surface area (Å²) < 4.78 is 12.4. The number of ether oxygens (including phenoxy) is 2. The van der Waals surface area contributed by atoms with Crippen LogP contribution in [0.25, 0.3) is 10.9 Å². The second kappa shape index (κ2) is 5.90. The van der Waals surface area contributed by atoms with E-state index in [1.807, 2.05) is 18.2 Å². The van der Waals surface area contributed by atoms with E-state index in [4.69, 9.17) is 9.47 Å². The molecule has 0 atom stereocenters. The Labute approximate surface area is 124 Å². The molecule has 0 saturated heterocycles. The van der Waals surface area contributed by atoms with Gasteiger partial charge in [0.05, 0.1) is 19.3 Å². The van der Waals surface area contributed by atoms with Crippen molar-refractivity contribution in [3.8, 4) is 0 Å². The van der Waals surface area contributed by atoms with Crippen LogP contribution in [-0.4, -0.2) is 31.4 Å². The number of nitrogens with zero attached hydrogens (tertiary/aromatic N) is 1. The number of esters is 1. The van der Waals surface area contributed by atoms with Crippen molar-refractivity contribution in [3.63, 3.8) is 0 Å². The van der Waals surface area contributed by atoms with E-state index in [-0.39, 0.29) is 5.97 Å². The molecule has 0 fully saturated rings. The van der Waals surface area contributed by atoms with Crippen LogP contribution in [0.1, 0.15) is 34.5 Å². The lowest BCUT2D eigenvalue weighted by molar-refractivity contribution is 0.0601. The summed E-state index contributed by atoms with van der Waals surface area (Å²) in [7, 11) is 3.15. The van der Waals surface area contributed by atoms with Gasteiger partial charge in [0.2, 0.25) is 0 Å². The zero-order valence-electron chi connectivity index (χ0n) is 12.6. The SMILES string of the molecule is COCCn1c2c(c3cc(C(=O)OC)ccc31)CCCC2. The number of benzene rings is 1. The summed E-state index contributed by atoms with van der Waals surface area (Å²) in [5.41, 5.74) is 4.64. The summed E-state index contributed by atoms with van der Waals surface area (Å²) in [4.78, 5) is 11.8. The maximum Gasteiger partial charge on any atom is 0.337 e. The van der Waals surface area contributed by atoms with Crippen LogP contribution >= 0.6 is 0 Å².